The van der Waals surface area contributed by atoms with Crippen molar-refractivity contribution in [3.63, 3.8) is 0 Å². The molecule has 1 aromatic carbocycles. The number of ether oxygens (including phenoxy) is 2. The van der Waals surface area contributed by atoms with Gasteiger partial charge in [-0.05, 0) is 51.9 Å². The Morgan fingerprint density at radius 1 is 1.19 bits per heavy atom. The van der Waals surface area contributed by atoms with Crippen LogP contribution in [-0.2, 0) is 4.74 Å². The third-order valence-corrected chi connectivity index (χ3v) is 6.65. The van der Waals surface area contributed by atoms with Crippen LogP contribution in [0.4, 0.5) is 0 Å². The zero-order chi connectivity index (χ0) is 15.3. The molecule has 0 amide bonds. The molecule has 0 spiro atoms. The van der Waals surface area contributed by atoms with E-state index in [0.29, 0.717) is 23.5 Å². The summed E-state index contributed by atoms with van der Waals surface area (Å²) in [6.45, 7) is 3.58. The first-order chi connectivity index (χ1) is 10.1. The predicted octanol–water partition coefficient (Wildman–Crippen LogP) is 5.88. The largest absolute Gasteiger partial charge is 0.490 e. The molecular weight excluding hydrogens is 396 g/mol. The molecule has 0 radical (unpaired) electrons. The van der Waals surface area contributed by atoms with E-state index < -0.39 is 0 Å². The summed E-state index contributed by atoms with van der Waals surface area (Å²) in [6, 6.07) is 6.41. The van der Waals surface area contributed by atoms with Crippen LogP contribution in [0.15, 0.2) is 22.7 Å². The van der Waals surface area contributed by atoms with E-state index in [1.807, 2.05) is 0 Å². The number of benzene rings is 1. The molecule has 2 nitrogen and oxygen atoms in total. The van der Waals surface area contributed by atoms with Crippen LogP contribution >= 0.6 is 31.9 Å². The lowest BCUT2D eigenvalue weighted by Gasteiger charge is -2.38. The third-order valence-electron chi connectivity index (χ3n) is 4.40. The summed E-state index contributed by atoms with van der Waals surface area (Å²) in [5.74, 6) is 0.879. The Morgan fingerprint density at radius 2 is 1.90 bits per heavy atom. The molecule has 0 saturated heterocycles. The van der Waals surface area contributed by atoms with Gasteiger partial charge in [-0.25, -0.2) is 0 Å². The van der Waals surface area contributed by atoms with Crippen LogP contribution in [0.2, 0.25) is 0 Å². The SMILES string of the molecule is COCCOc1ccc(C(Br)C2(C)CCCCC2)cc1Br. The quantitative estimate of drug-likeness (QED) is 0.423. The van der Waals surface area contributed by atoms with E-state index >= 15 is 0 Å². The fraction of sp³-hybridized carbons (Fsp3) is 0.647. The summed E-state index contributed by atoms with van der Waals surface area (Å²) in [5, 5.41) is 0. The summed E-state index contributed by atoms with van der Waals surface area (Å²) < 4.78 is 11.7. The lowest BCUT2D eigenvalue weighted by molar-refractivity contribution is 0.146. The monoisotopic (exact) mass is 418 g/mol. The Balaban J connectivity index is 2.08. The molecular formula is C17H24Br2O2. The molecule has 4 heteroatoms. The van der Waals surface area contributed by atoms with Gasteiger partial charge in [-0.3, -0.25) is 0 Å². The molecule has 1 fully saturated rings. The van der Waals surface area contributed by atoms with E-state index in [1.165, 1.54) is 37.7 Å². The Bertz CT molecular complexity index is 456. The van der Waals surface area contributed by atoms with E-state index in [4.69, 9.17) is 9.47 Å². The van der Waals surface area contributed by atoms with Crippen molar-refractivity contribution in [2.45, 2.75) is 43.9 Å². The van der Waals surface area contributed by atoms with Crippen LogP contribution in [0.3, 0.4) is 0 Å². The van der Waals surface area contributed by atoms with Gasteiger partial charge in [0, 0.05) is 11.9 Å². The normalized spacial score (nSPS) is 19.2. The molecule has 0 aliphatic heterocycles. The number of alkyl halides is 1. The van der Waals surface area contributed by atoms with Crippen molar-refractivity contribution in [2.24, 2.45) is 5.41 Å². The number of halogens is 2. The zero-order valence-corrected chi connectivity index (χ0v) is 16.0. The predicted molar refractivity (Wildman–Crippen MR) is 94.4 cm³/mol. The van der Waals surface area contributed by atoms with E-state index in [1.54, 1.807) is 7.11 Å². The Labute approximate surface area is 144 Å². The first-order valence-electron chi connectivity index (χ1n) is 7.62. The van der Waals surface area contributed by atoms with Gasteiger partial charge in [0.05, 0.1) is 11.1 Å². The van der Waals surface area contributed by atoms with Crippen molar-refractivity contribution in [1.82, 2.24) is 0 Å². The second-order valence-corrected chi connectivity index (χ2v) is 7.88. The van der Waals surface area contributed by atoms with Crippen LogP contribution < -0.4 is 4.74 Å². The van der Waals surface area contributed by atoms with Crippen molar-refractivity contribution in [1.29, 1.82) is 0 Å². The topological polar surface area (TPSA) is 18.5 Å². The molecule has 1 aliphatic carbocycles. The maximum atomic E-state index is 5.70. The third kappa shape index (κ3) is 4.46. The zero-order valence-electron chi connectivity index (χ0n) is 12.8. The number of hydrogen-bond donors (Lipinski definition) is 0. The number of hydrogen-bond acceptors (Lipinski definition) is 2. The molecule has 1 aromatic rings. The fourth-order valence-corrected chi connectivity index (χ4v) is 4.30. The second kappa shape index (κ2) is 7.98. The average molecular weight is 420 g/mol. The lowest BCUT2D eigenvalue weighted by Crippen LogP contribution is -2.25. The molecule has 1 atom stereocenters. The van der Waals surface area contributed by atoms with E-state index in [9.17, 15) is 0 Å². The lowest BCUT2D eigenvalue weighted by atomic mass is 9.72. The highest BCUT2D eigenvalue weighted by Gasteiger charge is 2.34. The van der Waals surface area contributed by atoms with Crippen LogP contribution in [-0.4, -0.2) is 20.3 Å². The molecule has 0 heterocycles. The Morgan fingerprint density at radius 3 is 2.52 bits per heavy atom. The minimum Gasteiger partial charge on any atom is -0.490 e. The highest BCUT2D eigenvalue weighted by atomic mass is 79.9. The van der Waals surface area contributed by atoms with Gasteiger partial charge in [-0.1, -0.05) is 48.2 Å². The maximum absolute atomic E-state index is 5.70. The Kier molecular flexibility index (Phi) is 6.57. The summed E-state index contributed by atoms with van der Waals surface area (Å²) >= 11 is 7.57. The summed E-state index contributed by atoms with van der Waals surface area (Å²) in [5.41, 5.74) is 1.68. The van der Waals surface area contributed by atoms with Crippen molar-refractivity contribution in [3.05, 3.63) is 28.2 Å². The Hall–Kier alpha value is -0.0600. The van der Waals surface area contributed by atoms with Gasteiger partial charge >= 0.3 is 0 Å². The summed E-state index contributed by atoms with van der Waals surface area (Å²) in [7, 11) is 1.68. The molecule has 118 valence electrons. The molecule has 0 N–H and O–H groups in total. The standard InChI is InChI=1S/C17H24Br2O2/c1-17(8-4-3-5-9-17)16(19)13-6-7-15(14(18)12-13)21-11-10-20-2/h6-7,12,16H,3-5,8-11H2,1-2H3. The van der Waals surface area contributed by atoms with Crippen molar-refractivity contribution in [3.8, 4) is 5.75 Å². The highest BCUT2D eigenvalue weighted by molar-refractivity contribution is 9.10. The average Bonchev–Trinajstić information content (AvgIpc) is 2.49. The van der Waals surface area contributed by atoms with Gasteiger partial charge in [0.25, 0.3) is 0 Å². The maximum Gasteiger partial charge on any atom is 0.133 e. The van der Waals surface area contributed by atoms with Crippen LogP contribution in [0.5, 0.6) is 5.75 Å². The van der Waals surface area contributed by atoms with Gasteiger partial charge in [0.15, 0.2) is 0 Å². The minimum atomic E-state index is 0.357. The smallest absolute Gasteiger partial charge is 0.133 e. The fourth-order valence-electron chi connectivity index (χ4n) is 3.04. The van der Waals surface area contributed by atoms with Gasteiger partial charge in [-0.2, -0.15) is 0 Å². The molecule has 2 rings (SSSR count). The first kappa shape index (κ1) is 17.3. The molecule has 1 aliphatic rings. The number of methoxy groups -OCH3 is 1. The van der Waals surface area contributed by atoms with E-state index in [2.05, 4.69) is 57.0 Å². The van der Waals surface area contributed by atoms with Gasteiger partial charge < -0.3 is 9.47 Å². The highest BCUT2D eigenvalue weighted by Crippen LogP contribution is 2.50. The minimum absolute atomic E-state index is 0.357. The molecule has 1 saturated carbocycles. The van der Waals surface area contributed by atoms with Crippen LogP contribution in [0.1, 0.15) is 49.4 Å². The van der Waals surface area contributed by atoms with Crippen molar-refractivity contribution in [2.75, 3.05) is 20.3 Å². The van der Waals surface area contributed by atoms with Gasteiger partial charge in [0.2, 0.25) is 0 Å². The van der Waals surface area contributed by atoms with Crippen LogP contribution in [0, 0.1) is 5.41 Å². The van der Waals surface area contributed by atoms with Gasteiger partial charge in [0.1, 0.15) is 12.4 Å². The number of rotatable bonds is 6. The van der Waals surface area contributed by atoms with Gasteiger partial charge in [-0.15, -0.1) is 0 Å². The summed E-state index contributed by atoms with van der Waals surface area (Å²) in [4.78, 5) is 0.398. The molecule has 0 aromatic heterocycles. The molecule has 21 heavy (non-hydrogen) atoms. The molecule has 1 unspecified atom stereocenters. The second-order valence-electron chi connectivity index (χ2n) is 6.11. The summed E-state index contributed by atoms with van der Waals surface area (Å²) in [6.07, 6.45) is 6.67. The van der Waals surface area contributed by atoms with Crippen molar-refractivity contribution >= 4 is 31.9 Å². The first-order valence-corrected chi connectivity index (χ1v) is 9.33. The van der Waals surface area contributed by atoms with Crippen LogP contribution in [0.25, 0.3) is 0 Å². The van der Waals surface area contributed by atoms with E-state index in [0.717, 1.165) is 10.2 Å². The van der Waals surface area contributed by atoms with E-state index in [-0.39, 0.29) is 0 Å². The molecule has 0 bridgehead atoms. The van der Waals surface area contributed by atoms with Crippen molar-refractivity contribution < 1.29 is 9.47 Å².